The van der Waals surface area contributed by atoms with E-state index in [1.165, 1.54) is 0 Å². The van der Waals surface area contributed by atoms with Gasteiger partial charge in [0, 0.05) is 29.7 Å². The van der Waals surface area contributed by atoms with E-state index in [0.29, 0.717) is 18.4 Å². The lowest BCUT2D eigenvalue weighted by molar-refractivity contribution is 0.102. The molecule has 1 aliphatic rings. The Kier molecular flexibility index (Phi) is 4.42. The molecule has 0 radical (unpaired) electrons. The molecule has 1 saturated carbocycles. The first-order valence-electron chi connectivity index (χ1n) is 7.57. The van der Waals surface area contributed by atoms with Crippen molar-refractivity contribution >= 4 is 20.8 Å². The largest absolute Gasteiger partial charge is 0.393 e. The van der Waals surface area contributed by atoms with E-state index in [4.69, 9.17) is 0 Å². The number of pyridine rings is 1. The molecule has 2 atom stereocenters. The van der Waals surface area contributed by atoms with Crippen LogP contribution < -0.4 is 4.72 Å². The molecule has 0 amide bonds. The van der Waals surface area contributed by atoms with Crippen LogP contribution >= 0.6 is 0 Å². The Morgan fingerprint density at radius 3 is 2.95 bits per heavy atom. The number of sulfonamides is 1. The molecule has 0 saturated heterocycles. The molecule has 118 valence electrons. The summed E-state index contributed by atoms with van der Waals surface area (Å²) < 4.78 is 27.9. The van der Waals surface area contributed by atoms with Gasteiger partial charge in [-0.2, -0.15) is 0 Å². The second-order valence-electron chi connectivity index (χ2n) is 5.89. The van der Waals surface area contributed by atoms with Crippen LogP contribution in [0.5, 0.6) is 0 Å². The zero-order valence-electron chi connectivity index (χ0n) is 12.3. The van der Waals surface area contributed by atoms with Crippen molar-refractivity contribution in [2.24, 2.45) is 5.92 Å². The van der Waals surface area contributed by atoms with Crippen molar-refractivity contribution in [2.75, 3.05) is 6.54 Å². The zero-order valence-corrected chi connectivity index (χ0v) is 13.1. The fraction of sp³-hybridized carbons (Fsp3) is 0.438. The van der Waals surface area contributed by atoms with Gasteiger partial charge in [-0.3, -0.25) is 4.98 Å². The number of aliphatic hydroxyl groups is 1. The smallest absolute Gasteiger partial charge is 0.241 e. The monoisotopic (exact) mass is 320 g/mol. The minimum atomic E-state index is -3.56. The molecule has 1 heterocycles. The molecule has 2 aromatic rings. The van der Waals surface area contributed by atoms with Gasteiger partial charge < -0.3 is 5.11 Å². The fourth-order valence-corrected chi connectivity index (χ4v) is 4.42. The number of nitrogens with zero attached hydrogens (tertiary/aromatic N) is 1. The van der Waals surface area contributed by atoms with Gasteiger partial charge in [0.25, 0.3) is 0 Å². The number of fused-ring (bicyclic) bond motifs is 1. The molecule has 1 aromatic carbocycles. The second-order valence-corrected chi connectivity index (χ2v) is 7.63. The third kappa shape index (κ3) is 3.29. The molecule has 22 heavy (non-hydrogen) atoms. The number of benzene rings is 1. The molecule has 1 aromatic heterocycles. The summed E-state index contributed by atoms with van der Waals surface area (Å²) >= 11 is 0. The Hall–Kier alpha value is -1.50. The van der Waals surface area contributed by atoms with Gasteiger partial charge in [0.15, 0.2) is 0 Å². The van der Waals surface area contributed by atoms with Gasteiger partial charge in [0.05, 0.1) is 11.0 Å². The predicted molar refractivity (Wildman–Crippen MR) is 84.9 cm³/mol. The van der Waals surface area contributed by atoms with Gasteiger partial charge in [-0.05, 0) is 37.3 Å². The second kappa shape index (κ2) is 6.32. The molecule has 2 unspecified atom stereocenters. The Balaban J connectivity index is 1.80. The van der Waals surface area contributed by atoms with Crippen LogP contribution in [0, 0.1) is 5.92 Å². The number of aromatic nitrogens is 1. The SMILES string of the molecule is O=S(=O)(NCC1CCCC(O)C1)c1cccc2cnccc12. The molecule has 2 N–H and O–H groups in total. The molecule has 6 heteroatoms. The van der Waals surface area contributed by atoms with Crippen LogP contribution in [0.2, 0.25) is 0 Å². The summed E-state index contributed by atoms with van der Waals surface area (Å²) in [6.45, 7) is 0.376. The van der Waals surface area contributed by atoms with Crippen molar-refractivity contribution in [1.82, 2.24) is 9.71 Å². The molecule has 0 aliphatic heterocycles. The summed E-state index contributed by atoms with van der Waals surface area (Å²) in [5.41, 5.74) is 0. The number of hydrogen-bond donors (Lipinski definition) is 2. The van der Waals surface area contributed by atoms with E-state index in [-0.39, 0.29) is 16.9 Å². The van der Waals surface area contributed by atoms with Crippen molar-refractivity contribution in [3.05, 3.63) is 36.7 Å². The summed E-state index contributed by atoms with van der Waals surface area (Å²) in [5, 5.41) is 11.2. The average molecular weight is 320 g/mol. The van der Waals surface area contributed by atoms with E-state index in [1.54, 1.807) is 30.6 Å². The van der Waals surface area contributed by atoms with Gasteiger partial charge >= 0.3 is 0 Å². The van der Waals surface area contributed by atoms with Gasteiger partial charge in [0.2, 0.25) is 10.0 Å². The summed E-state index contributed by atoms with van der Waals surface area (Å²) in [7, 11) is -3.56. The predicted octanol–water partition coefficient (Wildman–Crippen LogP) is 2.06. The van der Waals surface area contributed by atoms with E-state index in [0.717, 1.165) is 24.6 Å². The Morgan fingerprint density at radius 1 is 1.27 bits per heavy atom. The van der Waals surface area contributed by atoms with E-state index < -0.39 is 10.0 Å². The highest BCUT2D eigenvalue weighted by Crippen LogP contribution is 2.25. The van der Waals surface area contributed by atoms with Crippen molar-refractivity contribution in [2.45, 2.75) is 36.7 Å². The molecule has 1 fully saturated rings. The third-order valence-corrected chi connectivity index (χ3v) is 5.73. The first-order chi connectivity index (χ1) is 10.6. The number of rotatable bonds is 4. The van der Waals surface area contributed by atoms with E-state index >= 15 is 0 Å². The Labute approximate surface area is 130 Å². The molecule has 5 nitrogen and oxygen atoms in total. The third-order valence-electron chi connectivity index (χ3n) is 4.25. The van der Waals surface area contributed by atoms with Gasteiger partial charge in [0.1, 0.15) is 0 Å². The van der Waals surface area contributed by atoms with Crippen LogP contribution in [0.15, 0.2) is 41.6 Å². The van der Waals surface area contributed by atoms with Gasteiger partial charge in [-0.25, -0.2) is 13.1 Å². The van der Waals surface area contributed by atoms with Crippen LogP contribution in [-0.4, -0.2) is 31.2 Å². The van der Waals surface area contributed by atoms with Crippen LogP contribution in [0.1, 0.15) is 25.7 Å². The maximum atomic E-state index is 12.6. The summed E-state index contributed by atoms with van der Waals surface area (Å²) in [4.78, 5) is 4.30. The maximum absolute atomic E-state index is 12.6. The van der Waals surface area contributed by atoms with Gasteiger partial charge in [-0.15, -0.1) is 0 Å². The highest BCUT2D eigenvalue weighted by atomic mass is 32.2. The standard InChI is InChI=1S/C16H20N2O3S/c19-14-5-1-3-12(9-14)10-18-22(20,21)16-6-2-4-13-11-17-8-7-15(13)16/h2,4,6-8,11-12,14,18-19H,1,3,5,9-10H2. The maximum Gasteiger partial charge on any atom is 0.241 e. The van der Waals surface area contributed by atoms with Crippen LogP contribution in [0.4, 0.5) is 0 Å². The fourth-order valence-electron chi connectivity index (χ4n) is 3.08. The topological polar surface area (TPSA) is 79.3 Å². The molecular formula is C16H20N2O3S. The van der Waals surface area contributed by atoms with Crippen molar-refractivity contribution in [3.8, 4) is 0 Å². The van der Waals surface area contributed by atoms with Crippen LogP contribution in [-0.2, 0) is 10.0 Å². The average Bonchev–Trinajstić information content (AvgIpc) is 2.52. The zero-order chi connectivity index (χ0) is 15.6. The normalized spacial score (nSPS) is 22.8. The molecule has 0 bridgehead atoms. The summed E-state index contributed by atoms with van der Waals surface area (Å²) in [5.74, 6) is 0.204. The quantitative estimate of drug-likeness (QED) is 0.904. The molecule has 3 rings (SSSR count). The van der Waals surface area contributed by atoms with E-state index in [9.17, 15) is 13.5 Å². The first-order valence-corrected chi connectivity index (χ1v) is 9.05. The van der Waals surface area contributed by atoms with Crippen molar-refractivity contribution in [3.63, 3.8) is 0 Å². The highest BCUT2D eigenvalue weighted by molar-refractivity contribution is 7.89. The van der Waals surface area contributed by atoms with Crippen LogP contribution in [0.25, 0.3) is 10.8 Å². The number of aliphatic hydroxyl groups excluding tert-OH is 1. The molecule has 1 aliphatic carbocycles. The minimum absolute atomic E-state index is 0.204. The Bertz CT molecular complexity index is 756. The van der Waals surface area contributed by atoms with E-state index in [1.807, 2.05) is 6.07 Å². The molecular weight excluding hydrogens is 300 g/mol. The summed E-state index contributed by atoms with van der Waals surface area (Å²) in [6, 6.07) is 6.90. The van der Waals surface area contributed by atoms with Crippen LogP contribution in [0.3, 0.4) is 0 Å². The Morgan fingerprint density at radius 2 is 2.14 bits per heavy atom. The number of hydrogen-bond acceptors (Lipinski definition) is 4. The lowest BCUT2D eigenvalue weighted by Gasteiger charge is -2.25. The lowest BCUT2D eigenvalue weighted by Crippen LogP contribution is -2.33. The number of nitrogens with one attached hydrogen (secondary N) is 1. The minimum Gasteiger partial charge on any atom is -0.393 e. The highest BCUT2D eigenvalue weighted by Gasteiger charge is 2.23. The first kappa shape index (κ1) is 15.4. The van der Waals surface area contributed by atoms with Crippen molar-refractivity contribution in [1.29, 1.82) is 0 Å². The lowest BCUT2D eigenvalue weighted by atomic mass is 9.87. The summed E-state index contributed by atoms with van der Waals surface area (Å²) in [6.07, 6.45) is 6.35. The van der Waals surface area contributed by atoms with Gasteiger partial charge in [-0.1, -0.05) is 18.6 Å². The molecule has 0 spiro atoms. The van der Waals surface area contributed by atoms with E-state index in [2.05, 4.69) is 9.71 Å². The van der Waals surface area contributed by atoms with Crippen molar-refractivity contribution < 1.29 is 13.5 Å².